The average molecular weight is 254 g/mol. The second-order valence-corrected chi connectivity index (χ2v) is 5.02. The van der Waals surface area contributed by atoms with Crippen LogP contribution in [0.4, 0.5) is 0 Å². The highest BCUT2D eigenvalue weighted by Crippen LogP contribution is 2.20. The zero-order valence-corrected chi connectivity index (χ0v) is 11.0. The lowest BCUT2D eigenvalue weighted by molar-refractivity contribution is -0.143. The van der Waals surface area contributed by atoms with Crippen LogP contribution in [0.2, 0.25) is 0 Å². The van der Waals surface area contributed by atoms with Crippen molar-refractivity contribution < 1.29 is 9.90 Å². The second kappa shape index (κ2) is 6.61. The number of aliphatic carboxylic acids is 1. The number of nitrogens with zero attached hydrogens (tertiary/aromatic N) is 1. The Morgan fingerprint density at radius 3 is 2.88 bits per heavy atom. The van der Waals surface area contributed by atoms with E-state index >= 15 is 0 Å². The van der Waals surface area contributed by atoms with Crippen LogP contribution in [-0.2, 0) is 4.79 Å². The lowest BCUT2D eigenvalue weighted by atomic mass is 10.1. The molecule has 1 heterocycles. The van der Waals surface area contributed by atoms with E-state index in [2.05, 4.69) is 10.3 Å². The first-order valence-corrected chi connectivity index (χ1v) is 6.59. The van der Waals surface area contributed by atoms with Gasteiger partial charge in [0.2, 0.25) is 0 Å². The molecule has 0 aliphatic heterocycles. The molecule has 0 amide bonds. The Labute approximate surface area is 106 Å². The van der Waals surface area contributed by atoms with E-state index < -0.39 is 11.5 Å². The smallest absolute Gasteiger partial charge is 0.324 e. The number of thioether (sulfide) groups is 1. The number of rotatable bonds is 7. The first-order valence-electron chi connectivity index (χ1n) is 5.61. The van der Waals surface area contributed by atoms with Crippen LogP contribution >= 0.6 is 11.8 Å². The quantitative estimate of drug-likeness (QED) is 0.729. The molecule has 1 aromatic rings. The van der Waals surface area contributed by atoms with Gasteiger partial charge in [0.15, 0.2) is 0 Å². The van der Waals surface area contributed by atoms with Crippen LogP contribution in [0.25, 0.3) is 0 Å². The molecule has 0 saturated heterocycles. The van der Waals surface area contributed by atoms with Gasteiger partial charge in [0.25, 0.3) is 0 Å². The van der Waals surface area contributed by atoms with Crippen molar-refractivity contribution in [2.45, 2.75) is 30.8 Å². The molecule has 1 atom stereocenters. The zero-order chi connectivity index (χ0) is 12.7. The minimum Gasteiger partial charge on any atom is -0.480 e. The maximum Gasteiger partial charge on any atom is 0.324 e. The highest BCUT2D eigenvalue weighted by atomic mass is 32.2. The summed E-state index contributed by atoms with van der Waals surface area (Å²) < 4.78 is 0. The van der Waals surface area contributed by atoms with Crippen molar-refractivity contribution in [1.82, 2.24) is 10.3 Å². The second-order valence-electron chi connectivity index (χ2n) is 4.02. The van der Waals surface area contributed by atoms with Crippen molar-refractivity contribution in [3.8, 4) is 0 Å². The highest BCUT2D eigenvalue weighted by molar-refractivity contribution is 7.99. The molecule has 94 valence electrons. The molecule has 2 N–H and O–H groups in total. The van der Waals surface area contributed by atoms with Gasteiger partial charge in [-0.2, -0.15) is 0 Å². The fourth-order valence-electron chi connectivity index (χ4n) is 1.24. The lowest BCUT2D eigenvalue weighted by Gasteiger charge is -2.25. The Hall–Kier alpha value is -1.07. The maximum atomic E-state index is 11.3. The van der Waals surface area contributed by atoms with E-state index in [0.29, 0.717) is 12.3 Å². The molecule has 1 rings (SSSR count). The van der Waals surface area contributed by atoms with E-state index in [1.807, 2.05) is 25.1 Å². The van der Waals surface area contributed by atoms with E-state index in [9.17, 15) is 9.90 Å². The molecule has 0 spiro atoms. The van der Waals surface area contributed by atoms with E-state index in [1.165, 1.54) is 11.8 Å². The number of pyridine rings is 1. The van der Waals surface area contributed by atoms with E-state index in [4.69, 9.17) is 0 Å². The highest BCUT2D eigenvalue weighted by Gasteiger charge is 2.32. The van der Waals surface area contributed by atoms with Crippen LogP contribution in [0, 0.1) is 0 Å². The summed E-state index contributed by atoms with van der Waals surface area (Å²) >= 11 is 1.45. The number of nitrogens with one attached hydrogen (secondary N) is 1. The standard InChI is InChI=1S/C12H18N2O2S/c1-3-7-14-12(2,11(15)16)9-17-10-6-4-5-8-13-10/h4-6,8,14H,3,7,9H2,1-2H3,(H,15,16). The van der Waals surface area contributed by atoms with Crippen molar-refractivity contribution in [2.24, 2.45) is 0 Å². The number of carboxylic acids is 1. The fraction of sp³-hybridized carbons (Fsp3) is 0.500. The van der Waals surface area contributed by atoms with Gasteiger partial charge in [0.1, 0.15) is 5.54 Å². The molecule has 1 unspecified atom stereocenters. The summed E-state index contributed by atoms with van der Waals surface area (Å²) in [6.07, 6.45) is 2.62. The van der Waals surface area contributed by atoms with E-state index in [1.54, 1.807) is 13.1 Å². The van der Waals surface area contributed by atoms with Crippen LogP contribution in [0.1, 0.15) is 20.3 Å². The monoisotopic (exact) mass is 254 g/mol. The number of carboxylic acid groups (broad SMARTS) is 1. The SMILES string of the molecule is CCCNC(C)(CSc1ccccn1)C(=O)O. The molecule has 0 aromatic carbocycles. The van der Waals surface area contributed by atoms with Crippen LogP contribution in [0.15, 0.2) is 29.4 Å². The van der Waals surface area contributed by atoms with Gasteiger partial charge in [0, 0.05) is 11.9 Å². The molecule has 4 nitrogen and oxygen atoms in total. The van der Waals surface area contributed by atoms with E-state index in [-0.39, 0.29) is 0 Å². The first kappa shape index (κ1) is 14.0. The van der Waals surface area contributed by atoms with E-state index in [0.717, 1.165) is 11.4 Å². The Bertz CT molecular complexity index is 359. The molecule has 0 radical (unpaired) electrons. The number of aromatic nitrogens is 1. The van der Waals surface area contributed by atoms with Gasteiger partial charge in [-0.1, -0.05) is 13.0 Å². The van der Waals surface area contributed by atoms with Crippen molar-refractivity contribution in [1.29, 1.82) is 0 Å². The molecular weight excluding hydrogens is 236 g/mol. The van der Waals surface area contributed by atoms with Crippen molar-refractivity contribution in [3.63, 3.8) is 0 Å². The minimum absolute atomic E-state index is 0.458. The number of carbonyl (C=O) groups is 1. The van der Waals surface area contributed by atoms with Crippen molar-refractivity contribution in [2.75, 3.05) is 12.3 Å². The molecule has 0 saturated carbocycles. The number of hydrogen-bond donors (Lipinski definition) is 2. The maximum absolute atomic E-state index is 11.3. The van der Waals surface area contributed by atoms with Gasteiger partial charge < -0.3 is 10.4 Å². The Kier molecular flexibility index (Phi) is 5.44. The largest absolute Gasteiger partial charge is 0.480 e. The summed E-state index contributed by atoms with van der Waals surface area (Å²) in [7, 11) is 0. The third kappa shape index (κ3) is 4.36. The summed E-state index contributed by atoms with van der Waals surface area (Å²) in [5.41, 5.74) is -0.905. The van der Waals surface area contributed by atoms with Crippen LogP contribution in [-0.4, -0.2) is 33.9 Å². The summed E-state index contributed by atoms with van der Waals surface area (Å²) in [6, 6.07) is 5.62. The van der Waals surface area contributed by atoms with Crippen LogP contribution < -0.4 is 5.32 Å². The average Bonchev–Trinajstić information content (AvgIpc) is 2.35. The summed E-state index contributed by atoms with van der Waals surface area (Å²) in [5, 5.41) is 13.2. The zero-order valence-electron chi connectivity index (χ0n) is 10.1. The summed E-state index contributed by atoms with van der Waals surface area (Å²) in [6.45, 7) is 4.42. The molecule has 5 heteroatoms. The molecular formula is C12H18N2O2S. The van der Waals surface area contributed by atoms with Gasteiger partial charge in [-0.25, -0.2) is 4.98 Å². The third-order valence-corrected chi connectivity index (χ3v) is 3.64. The van der Waals surface area contributed by atoms with Gasteiger partial charge in [0.05, 0.1) is 5.03 Å². The predicted molar refractivity (Wildman–Crippen MR) is 69.3 cm³/mol. The van der Waals surface area contributed by atoms with Crippen molar-refractivity contribution >= 4 is 17.7 Å². The molecule has 1 aromatic heterocycles. The Morgan fingerprint density at radius 2 is 2.35 bits per heavy atom. The van der Waals surface area contributed by atoms with Gasteiger partial charge in [-0.15, -0.1) is 11.8 Å². The van der Waals surface area contributed by atoms with Gasteiger partial charge >= 0.3 is 5.97 Å². The first-order chi connectivity index (χ1) is 8.08. The van der Waals surface area contributed by atoms with Gasteiger partial charge in [-0.3, -0.25) is 4.79 Å². The molecule has 0 bridgehead atoms. The normalized spacial score (nSPS) is 14.2. The summed E-state index contributed by atoms with van der Waals surface area (Å²) in [4.78, 5) is 15.4. The fourth-order valence-corrected chi connectivity index (χ4v) is 2.21. The number of hydrogen-bond acceptors (Lipinski definition) is 4. The third-order valence-electron chi connectivity index (χ3n) is 2.38. The van der Waals surface area contributed by atoms with Crippen LogP contribution in [0.3, 0.4) is 0 Å². The Balaban J connectivity index is 2.58. The molecule has 0 fully saturated rings. The van der Waals surface area contributed by atoms with Gasteiger partial charge in [-0.05, 0) is 32.0 Å². The summed E-state index contributed by atoms with van der Waals surface area (Å²) in [5.74, 6) is -0.367. The van der Waals surface area contributed by atoms with Crippen LogP contribution in [0.5, 0.6) is 0 Å². The minimum atomic E-state index is -0.905. The predicted octanol–water partition coefficient (Wildman–Crippen LogP) is 2.02. The topological polar surface area (TPSA) is 62.2 Å². The molecule has 0 aliphatic carbocycles. The lowest BCUT2D eigenvalue weighted by Crippen LogP contribution is -2.51. The molecule has 0 aliphatic rings. The van der Waals surface area contributed by atoms with Crippen molar-refractivity contribution in [3.05, 3.63) is 24.4 Å². The molecule has 17 heavy (non-hydrogen) atoms. The Morgan fingerprint density at radius 1 is 1.59 bits per heavy atom.